The fourth-order valence-electron chi connectivity index (χ4n) is 3.11. The summed E-state index contributed by atoms with van der Waals surface area (Å²) in [5.41, 5.74) is -0.0555. The standard InChI is InChI=1S/C18H13F3N4O4S/c19-18(20,21)13-8-14(26)22-10-4-1-2-5-11(10)25(13)15(27)9-24-17(28)29-16(23-24)12-6-3-7-30-12/h1-7,13H,8-9H2,(H,22,26)/t13-/m1/s1. The van der Waals surface area contributed by atoms with E-state index in [1.165, 1.54) is 35.6 Å². The highest BCUT2D eigenvalue weighted by Gasteiger charge is 2.49. The van der Waals surface area contributed by atoms with Crippen LogP contribution in [0.2, 0.25) is 0 Å². The van der Waals surface area contributed by atoms with Gasteiger partial charge in [0.25, 0.3) is 5.89 Å². The van der Waals surface area contributed by atoms with Gasteiger partial charge in [-0.15, -0.1) is 16.4 Å². The number of carbonyl (C=O) groups is 2. The van der Waals surface area contributed by atoms with E-state index in [1.54, 1.807) is 17.5 Å². The summed E-state index contributed by atoms with van der Waals surface area (Å²) >= 11 is 1.24. The summed E-state index contributed by atoms with van der Waals surface area (Å²) in [7, 11) is 0. The zero-order valence-electron chi connectivity index (χ0n) is 15.0. The Morgan fingerprint density at radius 3 is 2.70 bits per heavy atom. The average molecular weight is 438 g/mol. The van der Waals surface area contributed by atoms with Gasteiger partial charge in [-0.25, -0.2) is 4.79 Å². The minimum atomic E-state index is -4.87. The quantitative estimate of drug-likeness (QED) is 0.678. The lowest BCUT2D eigenvalue weighted by Gasteiger charge is -2.31. The summed E-state index contributed by atoms with van der Waals surface area (Å²) in [6, 6.07) is 6.60. The van der Waals surface area contributed by atoms with Crippen LogP contribution in [-0.2, 0) is 16.1 Å². The molecule has 0 spiro atoms. The first-order chi connectivity index (χ1) is 14.2. The Labute approximate surface area is 170 Å². The number of nitrogens with zero attached hydrogens (tertiary/aromatic N) is 3. The van der Waals surface area contributed by atoms with Crippen LogP contribution < -0.4 is 16.0 Å². The number of halogens is 3. The van der Waals surface area contributed by atoms with E-state index in [1.807, 2.05) is 0 Å². The van der Waals surface area contributed by atoms with Crippen molar-refractivity contribution in [3.8, 4) is 10.8 Å². The van der Waals surface area contributed by atoms with E-state index in [-0.39, 0.29) is 17.3 Å². The Hall–Kier alpha value is -3.41. The number of alkyl halides is 3. The van der Waals surface area contributed by atoms with Gasteiger partial charge in [0.15, 0.2) is 0 Å². The monoisotopic (exact) mass is 438 g/mol. The maximum atomic E-state index is 13.7. The first-order valence-corrected chi connectivity index (χ1v) is 9.51. The van der Waals surface area contributed by atoms with Crippen LogP contribution in [0.25, 0.3) is 10.8 Å². The lowest BCUT2D eigenvalue weighted by Crippen LogP contribution is -2.51. The lowest BCUT2D eigenvalue weighted by molar-refractivity contribution is -0.158. The number of amides is 2. The van der Waals surface area contributed by atoms with Crippen molar-refractivity contribution in [3.05, 3.63) is 52.3 Å². The van der Waals surface area contributed by atoms with E-state index >= 15 is 0 Å². The highest BCUT2D eigenvalue weighted by molar-refractivity contribution is 7.13. The van der Waals surface area contributed by atoms with Gasteiger partial charge < -0.3 is 9.73 Å². The van der Waals surface area contributed by atoms with Crippen LogP contribution in [0.4, 0.5) is 24.5 Å². The molecule has 4 rings (SSSR count). The Bertz CT molecular complexity index is 1150. The number of thiophene rings is 1. The second-order valence-electron chi connectivity index (χ2n) is 6.40. The molecule has 0 bridgehead atoms. The normalized spacial score (nSPS) is 16.7. The van der Waals surface area contributed by atoms with Gasteiger partial charge in [-0.1, -0.05) is 18.2 Å². The molecule has 1 N–H and O–H groups in total. The molecular weight excluding hydrogens is 425 g/mol. The van der Waals surface area contributed by atoms with Crippen molar-refractivity contribution < 1.29 is 27.2 Å². The van der Waals surface area contributed by atoms with Gasteiger partial charge in [0, 0.05) is 0 Å². The molecule has 156 valence electrons. The third-order valence-corrected chi connectivity index (χ3v) is 5.26. The Balaban J connectivity index is 1.72. The number of nitrogens with one attached hydrogen (secondary N) is 1. The molecule has 3 heterocycles. The highest BCUT2D eigenvalue weighted by atomic mass is 32.1. The lowest BCUT2D eigenvalue weighted by atomic mass is 10.1. The fourth-order valence-corrected chi connectivity index (χ4v) is 3.75. The van der Waals surface area contributed by atoms with Crippen LogP contribution >= 0.6 is 11.3 Å². The maximum Gasteiger partial charge on any atom is 0.437 e. The Morgan fingerprint density at radius 1 is 1.23 bits per heavy atom. The maximum absolute atomic E-state index is 13.7. The van der Waals surface area contributed by atoms with Gasteiger partial charge in [-0.2, -0.15) is 17.9 Å². The summed E-state index contributed by atoms with van der Waals surface area (Å²) in [5.74, 6) is -2.95. The predicted molar refractivity (Wildman–Crippen MR) is 101 cm³/mol. The molecule has 0 unspecified atom stereocenters. The number of hydrogen-bond acceptors (Lipinski definition) is 6. The van der Waals surface area contributed by atoms with Crippen LogP contribution in [0.15, 0.2) is 51.0 Å². The van der Waals surface area contributed by atoms with Crippen molar-refractivity contribution >= 4 is 34.5 Å². The molecule has 30 heavy (non-hydrogen) atoms. The molecule has 3 aromatic rings. The van der Waals surface area contributed by atoms with Crippen LogP contribution in [0, 0.1) is 0 Å². The van der Waals surface area contributed by atoms with E-state index < -0.39 is 42.8 Å². The Kier molecular flexibility index (Phi) is 4.94. The number of benzene rings is 1. The zero-order chi connectivity index (χ0) is 21.5. The molecule has 1 aromatic carbocycles. The highest BCUT2D eigenvalue weighted by Crippen LogP contribution is 2.37. The van der Waals surface area contributed by atoms with Gasteiger partial charge in [0.1, 0.15) is 12.6 Å². The minimum Gasteiger partial charge on any atom is -0.387 e. The van der Waals surface area contributed by atoms with Crippen molar-refractivity contribution in [2.75, 3.05) is 10.2 Å². The molecule has 12 heteroatoms. The number of anilines is 2. The Morgan fingerprint density at radius 2 is 2.00 bits per heavy atom. The van der Waals surface area contributed by atoms with Gasteiger partial charge >= 0.3 is 11.9 Å². The molecule has 0 aliphatic carbocycles. The van der Waals surface area contributed by atoms with Gasteiger partial charge in [0.2, 0.25) is 11.8 Å². The summed E-state index contributed by atoms with van der Waals surface area (Å²) in [6.07, 6.45) is -5.85. The van der Waals surface area contributed by atoms with E-state index in [2.05, 4.69) is 10.4 Å². The van der Waals surface area contributed by atoms with Gasteiger partial charge in [-0.05, 0) is 23.6 Å². The molecule has 0 saturated carbocycles. The van der Waals surface area contributed by atoms with Crippen molar-refractivity contribution in [2.24, 2.45) is 0 Å². The number of carbonyl (C=O) groups excluding carboxylic acids is 2. The van der Waals surface area contributed by atoms with Crippen molar-refractivity contribution in [3.63, 3.8) is 0 Å². The SMILES string of the molecule is O=C1C[C@H](C(F)(F)F)N(C(=O)Cn2nc(-c3cccs3)oc2=O)c2ccccc2N1. The molecule has 2 amide bonds. The van der Waals surface area contributed by atoms with Crippen LogP contribution in [-0.4, -0.2) is 33.8 Å². The first kappa shape index (κ1) is 19.9. The molecule has 1 aliphatic rings. The topological polar surface area (TPSA) is 97.4 Å². The van der Waals surface area contributed by atoms with E-state index in [9.17, 15) is 27.6 Å². The number of para-hydroxylation sites is 2. The number of aromatic nitrogens is 2. The third kappa shape index (κ3) is 3.73. The predicted octanol–water partition coefficient (Wildman–Crippen LogP) is 2.87. The summed E-state index contributed by atoms with van der Waals surface area (Å²) in [4.78, 5) is 38.0. The number of rotatable bonds is 3. The van der Waals surface area contributed by atoms with Crippen LogP contribution in [0.3, 0.4) is 0 Å². The van der Waals surface area contributed by atoms with Crippen LogP contribution in [0.1, 0.15) is 6.42 Å². The second-order valence-corrected chi connectivity index (χ2v) is 7.35. The third-order valence-electron chi connectivity index (χ3n) is 4.40. The van der Waals surface area contributed by atoms with Crippen LogP contribution in [0.5, 0.6) is 0 Å². The van der Waals surface area contributed by atoms with Crippen molar-refractivity contribution in [2.45, 2.75) is 25.2 Å². The van der Waals surface area contributed by atoms with E-state index in [4.69, 9.17) is 4.42 Å². The largest absolute Gasteiger partial charge is 0.437 e. The van der Waals surface area contributed by atoms with Gasteiger partial charge in [-0.3, -0.25) is 14.5 Å². The van der Waals surface area contributed by atoms with E-state index in [0.717, 1.165) is 0 Å². The summed E-state index contributed by atoms with van der Waals surface area (Å²) < 4.78 is 46.9. The molecule has 1 atom stereocenters. The molecule has 8 nitrogen and oxygen atoms in total. The molecular formula is C18H13F3N4O4S. The molecule has 2 aromatic heterocycles. The summed E-state index contributed by atoms with van der Waals surface area (Å²) in [5, 5.41) is 8.01. The number of fused-ring (bicyclic) bond motifs is 1. The summed E-state index contributed by atoms with van der Waals surface area (Å²) in [6.45, 7) is -0.789. The van der Waals surface area contributed by atoms with Crippen molar-refractivity contribution in [1.82, 2.24) is 9.78 Å². The smallest absolute Gasteiger partial charge is 0.387 e. The minimum absolute atomic E-state index is 0.0386. The van der Waals surface area contributed by atoms with Gasteiger partial charge in [0.05, 0.1) is 22.7 Å². The zero-order valence-corrected chi connectivity index (χ0v) is 15.9. The number of hydrogen-bond donors (Lipinski definition) is 1. The molecule has 1 aliphatic heterocycles. The van der Waals surface area contributed by atoms with E-state index in [0.29, 0.717) is 14.5 Å². The fraction of sp³-hybridized carbons (Fsp3) is 0.222. The molecule has 0 radical (unpaired) electrons. The molecule has 0 fully saturated rings. The molecule has 0 saturated heterocycles. The second kappa shape index (κ2) is 7.44. The first-order valence-electron chi connectivity index (χ1n) is 8.63. The average Bonchev–Trinajstić information content (AvgIpc) is 3.28. The van der Waals surface area contributed by atoms with Crippen molar-refractivity contribution in [1.29, 1.82) is 0 Å².